The summed E-state index contributed by atoms with van der Waals surface area (Å²) in [5, 5.41) is 20.3. The van der Waals surface area contributed by atoms with Gasteiger partial charge in [0.15, 0.2) is 11.5 Å². The molecule has 0 saturated carbocycles. The Labute approximate surface area is 214 Å². The van der Waals surface area contributed by atoms with Crippen LogP contribution in [0.5, 0.6) is 0 Å². The van der Waals surface area contributed by atoms with Crippen molar-refractivity contribution >= 4 is 24.6 Å². The average Bonchev–Trinajstić information content (AvgIpc) is 3.57. The maximum absolute atomic E-state index is 13.1. The molecule has 1 unspecified atom stereocenters. The summed E-state index contributed by atoms with van der Waals surface area (Å²) >= 11 is 0. The molecule has 17 heteroatoms. The minimum Gasteiger partial charge on any atom is -0.394 e. The highest BCUT2D eigenvalue weighted by Gasteiger charge is 2.42. The second-order valence-electron chi connectivity index (χ2n) is 9.25. The molecule has 5 rings (SSSR count). The molecule has 16 nitrogen and oxygen atoms in total. The SMILES string of the molecule is Cc1cn([C@H]2C[C@H](OP(C)(=O)OC[C@H]3O[C@@H](n4cnc5c(N)ncnc54)C[C@@H]3O)[C@@H](CO)O2)c(=O)[nH]c1=O. The molecule has 0 bridgehead atoms. The van der Waals surface area contributed by atoms with Crippen molar-refractivity contribution in [1.82, 2.24) is 29.1 Å². The van der Waals surface area contributed by atoms with Gasteiger partial charge in [-0.3, -0.25) is 23.5 Å². The number of aromatic amines is 1. The lowest BCUT2D eigenvalue weighted by Crippen LogP contribution is -2.33. The second-order valence-corrected chi connectivity index (χ2v) is 11.3. The number of H-pyrrole nitrogens is 1. The minimum atomic E-state index is -3.73. The number of nitrogen functional groups attached to an aromatic ring is 1. The third-order valence-corrected chi connectivity index (χ3v) is 7.79. The Hall–Kier alpha value is -2.98. The predicted octanol–water partition coefficient (Wildman–Crippen LogP) is -0.580. The van der Waals surface area contributed by atoms with Crippen molar-refractivity contribution in [2.45, 2.75) is 56.6 Å². The van der Waals surface area contributed by atoms with Crippen molar-refractivity contribution in [2.24, 2.45) is 0 Å². The molecular weight excluding hydrogens is 525 g/mol. The first-order chi connectivity index (χ1) is 18.1. The van der Waals surface area contributed by atoms with Gasteiger partial charge in [-0.05, 0) is 6.92 Å². The van der Waals surface area contributed by atoms with E-state index in [0.29, 0.717) is 16.7 Å². The Kier molecular flexibility index (Phi) is 7.21. The number of aliphatic hydroxyl groups excluding tert-OH is 2. The Morgan fingerprint density at radius 1 is 1.18 bits per heavy atom. The van der Waals surface area contributed by atoms with Gasteiger partial charge in [-0.25, -0.2) is 19.7 Å². The lowest BCUT2D eigenvalue weighted by atomic mass is 10.2. The number of anilines is 1. The molecule has 3 aromatic heterocycles. The van der Waals surface area contributed by atoms with Gasteiger partial charge in [0.05, 0.1) is 31.7 Å². The molecule has 0 aliphatic carbocycles. The van der Waals surface area contributed by atoms with Crippen LogP contribution >= 0.6 is 7.60 Å². The number of nitrogens with two attached hydrogens (primary N) is 1. The minimum absolute atomic E-state index is 0.0706. The molecule has 2 aliphatic heterocycles. The maximum atomic E-state index is 13.1. The summed E-state index contributed by atoms with van der Waals surface area (Å²) in [5.41, 5.74) is 5.79. The number of fused-ring (bicyclic) bond motifs is 1. The van der Waals surface area contributed by atoms with Crippen molar-refractivity contribution in [3.8, 4) is 0 Å². The van der Waals surface area contributed by atoms with E-state index in [0.717, 1.165) is 0 Å². The number of nitrogens with zero attached hydrogens (tertiary/aromatic N) is 5. The molecule has 5 N–H and O–H groups in total. The van der Waals surface area contributed by atoms with Crippen LogP contribution in [-0.2, 0) is 23.1 Å². The summed E-state index contributed by atoms with van der Waals surface area (Å²) in [6.45, 7) is 2.09. The van der Waals surface area contributed by atoms with Crippen molar-refractivity contribution in [1.29, 1.82) is 0 Å². The first-order valence-electron chi connectivity index (χ1n) is 11.8. The van der Waals surface area contributed by atoms with E-state index in [1.54, 1.807) is 4.57 Å². The van der Waals surface area contributed by atoms with E-state index in [2.05, 4.69) is 19.9 Å². The van der Waals surface area contributed by atoms with Gasteiger partial charge in [-0.15, -0.1) is 0 Å². The average molecular weight is 553 g/mol. The molecule has 0 aromatic carbocycles. The standard InChI is InChI=1S/C21H28N7O9P/c1-10-5-27(21(32)26-20(10)31)16-4-12(13(6-29)35-16)37-38(2,33)34-7-14-11(30)3-15(36-14)28-9-25-17-18(22)23-8-24-19(17)28/h5,8-9,11-16,29-30H,3-4,6-7H2,1-2H3,(H2,22,23,24)(H,26,31,32)/t11-,12-,13+,14+,15+,16+,38?/m0/s1. The van der Waals surface area contributed by atoms with Crippen LogP contribution in [0.1, 0.15) is 30.9 Å². The summed E-state index contributed by atoms with van der Waals surface area (Å²) < 4.78 is 38.8. The molecule has 2 saturated heterocycles. The number of rotatable bonds is 8. The summed E-state index contributed by atoms with van der Waals surface area (Å²) in [5.74, 6) is 0.219. The Bertz CT molecular complexity index is 1490. The van der Waals surface area contributed by atoms with Gasteiger partial charge < -0.3 is 34.5 Å². The third-order valence-electron chi connectivity index (χ3n) is 6.52. The van der Waals surface area contributed by atoms with Crippen molar-refractivity contribution in [3.63, 3.8) is 0 Å². The zero-order chi connectivity index (χ0) is 27.2. The summed E-state index contributed by atoms with van der Waals surface area (Å²) in [6, 6.07) is 0. The molecular formula is C21H28N7O9P. The van der Waals surface area contributed by atoms with Gasteiger partial charge in [-0.1, -0.05) is 0 Å². The first kappa shape index (κ1) is 26.6. The van der Waals surface area contributed by atoms with E-state index >= 15 is 0 Å². The largest absolute Gasteiger partial charge is 0.394 e. The van der Waals surface area contributed by atoms with Crippen molar-refractivity contribution < 1.29 is 33.3 Å². The fraction of sp³-hybridized carbons (Fsp3) is 0.571. The maximum Gasteiger partial charge on any atom is 0.330 e. The van der Waals surface area contributed by atoms with Gasteiger partial charge in [-0.2, -0.15) is 0 Å². The van der Waals surface area contributed by atoms with Gasteiger partial charge in [0.25, 0.3) is 5.56 Å². The number of hydrogen-bond acceptors (Lipinski definition) is 13. The van der Waals surface area contributed by atoms with Gasteiger partial charge in [0, 0.05) is 31.3 Å². The number of hydrogen-bond donors (Lipinski definition) is 4. The van der Waals surface area contributed by atoms with E-state index in [9.17, 15) is 24.4 Å². The number of aromatic nitrogens is 6. The lowest BCUT2D eigenvalue weighted by molar-refractivity contribution is -0.0509. The van der Waals surface area contributed by atoms with E-state index in [-0.39, 0.29) is 25.3 Å². The zero-order valence-corrected chi connectivity index (χ0v) is 21.4. The Morgan fingerprint density at radius 3 is 2.68 bits per heavy atom. The van der Waals surface area contributed by atoms with Crippen LogP contribution < -0.4 is 17.0 Å². The zero-order valence-electron chi connectivity index (χ0n) is 20.5. The monoisotopic (exact) mass is 553 g/mol. The molecule has 0 spiro atoms. The van der Waals surface area contributed by atoms with Crippen LogP contribution in [0.3, 0.4) is 0 Å². The number of imidazole rings is 1. The highest BCUT2D eigenvalue weighted by molar-refractivity contribution is 7.53. The molecule has 5 heterocycles. The quantitative estimate of drug-likeness (QED) is 0.257. The van der Waals surface area contributed by atoms with Crippen LogP contribution in [0.4, 0.5) is 5.82 Å². The Balaban J connectivity index is 1.22. The fourth-order valence-electron chi connectivity index (χ4n) is 4.55. The van der Waals surface area contributed by atoms with Crippen molar-refractivity contribution in [2.75, 3.05) is 25.6 Å². The predicted molar refractivity (Wildman–Crippen MR) is 130 cm³/mol. The molecule has 206 valence electrons. The van der Waals surface area contributed by atoms with Crippen LogP contribution in [0.2, 0.25) is 0 Å². The normalized spacial score (nSPS) is 29.2. The molecule has 38 heavy (non-hydrogen) atoms. The molecule has 0 amide bonds. The van der Waals surface area contributed by atoms with E-state index < -0.39 is 62.3 Å². The molecule has 7 atom stereocenters. The van der Waals surface area contributed by atoms with Gasteiger partial charge >= 0.3 is 13.3 Å². The van der Waals surface area contributed by atoms with Crippen LogP contribution in [0, 0.1) is 6.92 Å². The topological polar surface area (TPSA) is 219 Å². The summed E-state index contributed by atoms with van der Waals surface area (Å²) in [6.07, 6.45) is -0.568. The van der Waals surface area contributed by atoms with Gasteiger partial charge in [0.2, 0.25) is 0 Å². The van der Waals surface area contributed by atoms with Crippen molar-refractivity contribution in [3.05, 3.63) is 45.3 Å². The van der Waals surface area contributed by atoms with Crippen LogP contribution in [-0.4, -0.2) is 83.6 Å². The van der Waals surface area contributed by atoms with E-state index in [1.807, 2.05) is 0 Å². The van der Waals surface area contributed by atoms with E-state index in [4.69, 9.17) is 24.3 Å². The lowest BCUT2D eigenvalue weighted by Gasteiger charge is -2.23. The van der Waals surface area contributed by atoms with E-state index in [1.165, 1.54) is 37.0 Å². The molecule has 2 fully saturated rings. The number of ether oxygens (including phenoxy) is 2. The second kappa shape index (κ2) is 10.3. The number of aliphatic hydroxyl groups is 2. The fourth-order valence-corrected chi connectivity index (χ4v) is 5.74. The first-order valence-corrected chi connectivity index (χ1v) is 13.8. The van der Waals surface area contributed by atoms with Crippen LogP contribution in [0.25, 0.3) is 11.2 Å². The third kappa shape index (κ3) is 5.16. The molecule has 0 radical (unpaired) electrons. The highest BCUT2D eigenvalue weighted by Crippen LogP contribution is 2.49. The molecule has 3 aromatic rings. The smallest absolute Gasteiger partial charge is 0.330 e. The summed E-state index contributed by atoms with van der Waals surface area (Å²) in [7, 11) is -3.73. The summed E-state index contributed by atoms with van der Waals surface area (Å²) in [4.78, 5) is 38.4. The Morgan fingerprint density at radius 2 is 1.92 bits per heavy atom. The number of aryl methyl sites for hydroxylation is 1. The van der Waals surface area contributed by atoms with Gasteiger partial charge in [0.1, 0.15) is 36.5 Å². The van der Waals surface area contributed by atoms with Crippen LogP contribution in [0.15, 0.2) is 28.4 Å². The molecule has 2 aliphatic rings. The number of nitrogens with one attached hydrogen (secondary N) is 1. The highest BCUT2D eigenvalue weighted by atomic mass is 31.2.